The second kappa shape index (κ2) is 8.71. The van der Waals surface area contributed by atoms with Crippen LogP contribution in [0.1, 0.15) is 44.6 Å². The Labute approximate surface area is 144 Å². The molecule has 0 aliphatic heterocycles. The van der Waals surface area contributed by atoms with Crippen molar-refractivity contribution in [2.24, 2.45) is 5.41 Å². The minimum absolute atomic E-state index is 0.111. The number of unbranched alkanes of at least 4 members (excludes halogenated alkanes) is 2. The minimum atomic E-state index is -0.813. The number of methoxy groups -OCH3 is 1. The predicted molar refractivity (Wildman–Crippen MR) is 93.9 cm³/mol. The number of carbonyl (C=O) groups is 2. The van der Waals surface area contributed by atoms with E-state index in [0.717, 1.165) is 37.0 Å². The lowest BCUT2D eigenvalue weighted by Crippen LogP contribution is -2.43. The number of carbonyl (C=O) groups excluding carboxylic acids is 2. The summed E-state index contributed by atoms with van der Waals surface area (Å²) in [4.78, 5) is 24.6. The highest BCUT2D eigenvalue weighted by atomic mass is 16.5. The zero-order valence-electron chi connectivity index (χ0n) is 14.7. The fourth-order valence-electron chi connectivity index (χ4n) is 2.71. The maximum absolute atomic E-state index is 12.4. The molecule has 5 heteroatoms. The van der Waals surface area contributed by atoms with E-state index in [1.807, 2.05) is 24.3 Å². The van der Waals surface area contributed by atoms with Gasteiger partial charge in [-0.25, -0.2) is 0 Å². The van der Waals surface area contributed by atoms with Gasteiger partial charge in [0.2, 0.25) is 11.8 Å². The molecule has 2 amide bonds. The molecule has 0 radical (unpaired) electrons. The zero-order valence-corrected chi connectivity index (χ0v) is 14.7. The first kappa shape index (κ1) is 18.3. The van der Waals surface area contributed by atoms with Crippen LogP contribution in [0, 0.1) is 5.41 Å². The fourth-order valence-corrected chi connectivity index (χ4v) is 2.71. The summed E-state index contributed by atoms with van der Waals surface area (Å²) in [6, 6.07) is 7.78. The van der Waals surface area contributed by atoms with E-state index in [0.29, 0.717) is 25.9 Å². The molecule has 0 atom stereocenters. The summed E-state index contributed by atoms with van der Waals surface area (Å²) in [6.07, 6.45) is 5.23. The maximum atomic E-state index is 12.4. The van der Waals surface area contributed by atoms with E-state index in [-0.39, 0.29) is 11.8 Å². The van der Waals surface area contributed by atoms with Crippen molar-refractivity contribution in [2.45, 2.75) is 45.4 Å². The number of amides is 2. The van der Waals surface area contributed by atoms with Crippen LogP contribution in [0.5, 0.6) is 5.75 Å². The van der Waals surface area contributed by atoms with E-state index in [9.17, 15) is 9.59 Å². The third kappa shape index (κ3) is 4.73. The van der Waals surface area contributed by atoms with Gasteiger partial charge in [0.15, 0.2) is 0 Å². The van der Waals surface area contributed by atoms with Gasteiger partial charge in [-0.3, -0.25) is 9.59 Å². The lowest BCUT2D eigenvalue weighted by atomic mass is 10.0. The Bertz CT molecular complexity index is 550. The summed E-state index contributed by atoms with van der Waals surface area (Å²) in [5, 5.41) is 5.82. The van der Waals surface area contributed by atoms with Crippen LogP contribution < -0.4 is 15.4 Å². The Balaban J connectivity index is 1.73. The van der Waals surface area contributed by atoms with Gasteiger partial charge in [-0.2, -0.15) is 0 Å². The maximum Gasteiger partial charge on any atom is 0.235 e. The standard InChI is InChI=1S/C19H28N2O3/c1-3-4-5-13-20-17(22)19(11-12-19)18(23)21-14-10-15-6-8-16(24-2)9-7-15/h6-9H,3-5,10-14H2,1-2H3,(H,20,22)(H,21,23). The Hall–Kier alpha value is -2.04. The first-order valence-corrected chi connectivity index (χ1v) is 8.82. The van der Waals surface area contributed by atoms with Crippen molar-refractivity contribution in [1.82, 2.24) is 10.6 Å². The first-order valence-electron chi connectivity index (χ1n) is 8.82. The third-order valence-electron chi connectivity index (χ3n) is 4.54. The van der Waals surface area contributed by atoms with Crippen LogP contribution >= 0.6 is 0 Å². The second-order valence-corrected chi connectivity index (χ2v) is 6.40. The monoisotopic (exact) mass is 332 g/mol. The van der Waals surface area contributed by atoms with Crippen LogP contribution in [-0.2, 0) is 16.0 Å². The van der Waals surface area contributed by atoms with Crippen LogP contribution in [0.25, 0.3) is 0 Å². The first-order chi connectivity index (χ1) is 11.6. The Morgan fingerprint density at radius 1 is 1.04 bits per heavy atom. The van der Waals surface area contributed by atoms with Gasteiger partial charge in [0.05, 0.1) is 7.11 Å². The van der Waals surface area contributed by atoms with Gasteiger partial charge in [0.25, 0.3) is 0 Å². The number of rotatable bonds is 10. The minimum Gasteiger partial charge on any atom is -0.497 e. The van der Waals surface area contributed by atoms with E-state index >= 15 is 0 Å². The van der Waals surface area contributed by atoms with Crippen LogP contribution in [0.15, 0.2) is 24.3 Å². The molecule has 2 N–H and O–H groups in total. The molecule has 1 aromatic rings. The summed E-state index contributed by atoms with van der Waals surface area (Å²) in [7, 11) is 1.64. The highest BCUT2D eigenvalue weighted by molar-refractivity contribution is 6.07. The van der Waals surface area contributed by atoms with Gasteiger partial charge < -0.3 is 15.4 Å². The van der Waals surface area contributed by atoms with Gasteiger partial charge in [0.1, 0.15) is 11.2 Å². The van der Waals surface area contributed by atoms with E-state index in [2.05, 4.69) is 17.6 Å². The molecule has 0 bridgehead atoms. The van der Waals surface area contributed by atoms with Gasteiger partial charge in [0, 0.05) is 13.1 Å². The van der Waals surface area contributed by atoms with Crippen molar-refractivity contribution in [3.8, 4) is 5.75 Å². The molecular formula is C19H28N2O3. The molecule has 0 aromatic heterocycles. The number of hydrogen-bond acceptors (Lipinski definition) is 3. The smallest absolute Gasteiger partial charge is 0.235 e. The van der Waals surface area contributed by atoms with Crippen molar-refractivity contribution < 1.29 is 14.3 Å². The van der Waals surface area contributed by atoms with E-state index < -0.39 is 5.41 Å². The van der Waals surface area contributed by atoms with Crippen molar-refractivity contribution in [3.63, 3.8) is 0 Å². The summed E-state index contributed by atoms with van der Waals surface area (Å²) in [5.41, 5.74) is 0.316. The molecule has 5 nitrogen and oxygen atoms in total. The van der Waals surface area contributed by atoms with Gasteiger partial charge in [-0.05, 0) is 43.4 Å². The fraction of sp³-hybridized carbons (Fsp3) is 0.579. The summed E-state index contributed by atoms with van der Waals surface area (Å²) >= 11 is 0. The normalized spacial score (nSPS) is 14.8. The Morgan fingerprint density at radius 2 is 1.67 bits per heavy atom. The molecule has 1 fully saturated rings. The Morgan fingerprint density at radius 3 is 2.21 bits per heavy atom. The summed E-state index contributed by atoms with van der Waals surface area (Å²) < 4.78 is 5.12. The largest absolute Gasteiger partial charge is 0.497 e. The predicted octanol–water partition coefficient (Wildman–Crippen LogP) is 2.44. The average molecular weight is 332 g/mol. The average Bonchev–Trinajstić information content (AvgIpc) is 3.41. The van der Waals surface area contributed by atoms with E-state index in [1.54, 1.807) is 7.11 Å². The lowest BCUT2D eigenvalue weighted by Gasteiger charge is -2.15. The molecule has 24 heavy (non-hydrogen) atoms. The number of hydrogen-bond donors (Lipinski definition) is 2. The Kier molecular flexibility index (Phi) is 6.64. The molecule has 0 heterocycles. The quantitative estimate of drug-likeness (QED) is 0.511. The molecule has 1 aliphatic carbocycles. The molecule has 1 aliphatic rings. The molecule has 1 aromatic carbocycles. The lowest BCUT2D eigenvalue weighted by molar-refractivity contribution is -0.137. The molecular weight excluding hydrogens is 304 g/mol. The topological polar surface area (TPSA) is 67.4 Å². The van der Waals surface area contributed by atoms with Crippen molar-refractivity contribution in [3.05, 3.63) is 29.8 Å². The highest BCUT2D eigenvalue weighted by Gasteiger charge is 2.56. The molecule has 1 saturated carbocycles. The zero-order chi connectivity index (χ0) is 17.4. The van der Waals surface area contributed by atoms with Crippen LogP contribution in [-0.4, -0.2) is 32.0 Å². The van der Waals surface area contributed by atoms with Gasteiger partial charge >= 0.3 is 0 Å². The molecule has 0 unspecified atom stereocenters. The van der Waals surface area contributed by atoms with Crippen LogP contribution in [0.3, 0.4) is 0 Å². The SMILES string of the molecule is CCCCCNC(=O)C1(C(=O)NCCc2ccc(OC)cc2)CC1. The van der Waals surface area contributed by atoms with Crippen molar-refractivity contribution in [1.29, 1.82) is 0 Å². The second-order valence-electron chi connectivity index (χ2n) is 6.40. The van der Waals surface area contributed by atoms with E-state index in [1.165, 1.54) is 0 Å². The molecule has 132 valence electrons. The van der Waals surface area contributed by atoms with Crippen molar-refractivity contribution >= 4 is 11.8 Å². The van der Waals surface area contributed by atoms with Crippen molar-refractivity contribution in [2.75, 3.05) is 20.2 Å². The number of benzene rings is 1. The summed E-state index contributed by atoms with van der Waals surface area (Å²) in [6.45, 7) is 3.32. The third-order valence-corrected chi connectivity index (χ3v) is 4.54. The van der Waals surface area contributed by atoms with Gasteiger partial charge in [-0.15, -0.1) is 0 Å². The molecule has 0 saturated heterocycles. The van der Waals surface area contributed by atoms with Gasteiger partial charge in [-0.1, -0.05) is 31.9 Å². The van der Waals surface area contributed by atoms with Crippen LogP contribution in [0.2, 0.25) is 0 Å². The molecule has 2 rings (SSSR count). The number of nitrogens with one attached hydrogen (secondary N) is 2. The number of ether oxygens (including phenoxy) is 1. The molecule has 0 spiro atoms. The summed E-state index contributed by atoms with van der Waals surface area (Å²) in [5.74, 6) is 0.573. The van der Waals surface area contributed by atoms with E-state index in [4.69, 9.17) is 4.74 Å². The highest BCUT2D eigenvalue weighted by Crippen LogP contribution is 2.46. The van der Waals surface area contributed by atoms with Crippen LogP contribution in [0.4, 0.5) is 0 Å².